The maximum Gasteiger partial charge on any atom is 0.319 e. The van der Waals surface area contributed by atoms with Gasteiger partial charge in [0.25, 0.3) is 0 Å². The number of rotatable bonds is 5. The summed E-state index contributed by atoms with van der Waals surface area (Å²) in [5.74, 6) is 0. The summed E-state index contributed by atoms with van der Waals surface area (Å²) < 4.78 is 0. The molecular weight excluding hydrogens is 344 g/mol. The Hall–Kier alpha value is -3.04. The molecule has 0 fully saturated rings. The van der Waals surface area contributed by atoms with Crippen molar-refractivity contribution in [2.24, 2.45) is 0 Å². The van der Waals surface area contributed by atoms with Crippen molar-refractivity contribution in [1.29, 1.82) is 0 Å². The maximum atomic E-state index is 12.3. The average Bonchev–Trinajstić information content (AvgIpc) is 2.69. The molecule has 3 nitrogen and oxygen atoms in total. The van der Waals surface area contributed by atoms with Gasteiger partial charge >= 0.3 is 6.03 Å². The molecule has 0 aliphatic rings. The van der Waals surface area contributed by atoms with Crippen LogP contribution >= 0.6 is 11.6 Å². The van der Waals surface area contributed by atoms with Crippen LogP contribution in [0.1, 0.15) is 22.7 Å². The highest BCUT2D eigenvalue weighted by atomic mass is 35.5. The molecule has 0 bridgehead atoms. The Bertz CT molecular complexity index is 822. The topological polar surface area (TPSA) is 41.1 Å². The first-order valence-corrected chi connectivity index (χ1v) is 8.69. The fourth-order valence-electron chi connectivity index (χ4n) is 2.61. The zero-order chi connectivity index (χ0) is 18.2. The quantitative estimate of drug-likeness (QED) is 0.626. The molecule has 0 spiro atoms. The molecule has 0 heterocycles. The van der Waals surface area contributed by atoms with E-state index in [1.54, 1.807) is 6.20 Å². The fourth-order valence-corrected chi connectivity index (χ4v) is 2.74. The Morgan fingerprint density at radius 1 is 0.808 bits per heavy atom. The molecule has 0 aromatic heterocycles. The highest BCUT2D eigenvalue weighted by Crippen LogP contribution is 2.21. The van der Waals surface area contributed by atoms with E-state index < -0.39 is 0 Å². The molecule has 3 rings (SSSR count). The summed E-state index contributed by atoms with van der Waals surface area (Å²) in [5.41, 5.74) is 3.00. The Morgan fingerprint density at radius 3 is 1.88 bits per heavy atom. The van der Waals surface area contributed by atoms with Crippen LogP contribution in [-0.2, 0) is 0 Å². The van der Waals surface area contributed by atoms with Crippen LogP contribution in [0, 0.1) is 0 Å². The highest BCUT2D eigenvalue weighted by molar-refractivity contribution is 6.30. The first kappa shape index (κ1) is 17.8. The van der Waals surface area contributed by atoms with E-state index in [2.05, 4.69) is 10.6 Å². The molecule has 3 aromatic carbocycles. The van der Waals surface area contributed by atoms with Gasteiger partial charge in [-0.05, 0) is 34.9 Å². The van der Waals surface area contributed by atoms with Crippen LogP contribution in [-0.4, -0.2) is 6.03 Å². The van der Waals surface area contributed by atoms with Gasteiger partial charge < -0.3 is 10.6 Å². The van der Waals surface area contributed by atoms with Crippen molar-refractivity contribution in [3.05, 3.63) is 113 Å². The molecule has 130 valence electrons. The van der Waals surface area contributed by atoms with Crippen LogP contribution in [0.2, 0.25) is 5.02 Å². The molecule has 0 aliphatic heterocycles. The number of carbonyl (C=O) groups is 1. The van der Waals surface area contributed by atoms with Crippen molar-refractivity contribution in [1.82, 2.24) is 10.6 Å². The molecule has 26 heavy (non-hydrogen) atoms. The number of hydrogen-bond donors (Lipinski definition) is 2. The first-order chi connectivity index (χ1) is 12.7. The number of hydrogen-bond acceptors (Lipinski definition) is 1. The summed E-state index contributed by atoms with van der Waals surface area (Å²) in [6.07, 6.45) is 3.43. The van der Waals surface area contributed by atoms with E-state index in [1.807, 2.05) is 91.0 Å². The zero-order valence-electron chi connectivity index (χ0n) is 14.1. The molecule has 2 amide bonds. The number of halogens is 1. The number of urea groups is 1. The monoisotopic (exact) mass is 362 g/mol. The lowest BCUT2D eigenvalue weighted by atomic mass is 9.99. The van der Waals surface area contributed by atoms with Crippen LogP contribution in [0.25, 0.3) is 6.08 Å². The molecule has 0 radical (unpaired) electrons. The predicted molar refractivity (Wildman–Crippen MR) is 107 cm³/mol. The summed E-state index contributed by atoms with van der Waals surface area (Å²) in [7, 11) is 0. The second kappa shape index (κ2) is 8.88. The smallest absolute Gasteiger partial charge is 0.319 e. The summed E-state index contributed by atoms with van der Waals surface area (Å²) in [5, 5.41) is 6.46. The van der Waals surface area contributed by atoms with Gasteiger partial charge in [-0.3, -0.25) is 0 Å². The van der Waals surface area contributed by atoms with Gasteiger partial charge in [-0.15, -0.1) is 0 Å². The lowest BCUT2D eigenvalue weighted by molar-refractivity contribution is 0.242. The molecule has 3 aromatic rings. The first-order valence-electron chi connectivity index (χ1n) is 8.31. The van der Waals surface area contributed by atoms with E-state index in [0.29, 0.717) is 5.02 Å². The Morgan fingerprint density at radius 2 is 1.35 bits per heavy atom. The number of amides is 2. The van der Waals surface area contributed by atoms with Crippen molar-refractivity contribution in [3.63, 3.8) is 0 Å². The molecule has 4 heteroatoms. The maximum absolute atomic E-state index is 12.3. The minimum atomic E-state index is -0.270. The van der Waals surface area contributed by atoms with E-state index in [9.17, 15) is 4.79 Å². The third-order valence-corrected chi connectivity index (χ3v) is 4.15. The molecule has 0 atom stereocenters. The third-order valence-electron chi connectivity index (χ3n) is 3.90. The van der Waals surface area contributed by atoms with Gasteiger partial charge in [-0.25, -0.2) is 4.79 Å². The number of nitrogens with one attached hydrogen (secondary N) is 2. The van der Waals surface area contributed by atoms with Gasteiger partial charge in [-0.1, -0.05) is 84.4 Å². The predicted octanol–water partition coefficient (Wildman–Crippen LogP) is 5.40. The van der Waals surface area contributed by atoms with E-state index in [4.69, 9.17) is 11.6 Å². The third kappa shape index (κ3) is 4.98. The van der Waals surface area contributed by atoms with Gasteiger partial charge in [0, 0.05) is 11.2 Å². The molecule has 0 unspecified atom stereocenters. The van der Waals surface area contributed by atoms with Crippen LogP contribution in [0.5, 0.6) is 0 Å². The second-order valence-corrected chi connectivity index (χ2v) is 6.19. The fraction of sp³-hybridized carbons (Fsp3) is 0.0455. The van der Waals surface area contributed by atoms with Gasteiger partial charge in [-0.2, -0.15) is 0 Å². The zero-order valence-corrected chi connectivity index (χ0v) is 14.9. The van der Waals surface area contributed by atoms with Crippen molar-refractivity contribution in [3.8, 4) is 0 Å². The van der Waals surface area contributed by atoms with E-state index in [1.165, 1.54) is 0 Å². The van der Waals surface area contributed by atoms with Gasteiger partial charge in [0.2, 0.25) is 0 Å². The van der Waals surface area contributed by atoms with Crippen LogP contribution in [0.4, 0.5) is 4.79 Å². The highest BCUT2D eigenvalue weighted by Gasteiger charge is 2.15. The van der Waals surface area contributed by atoms with Gasteiger partial charge in [0.05, 0.1) is 6.04 Å². The van der Waals surface area contributed by atoms with Gasteiger partial charge in [0.15, 0.2) is 0 Å². The van der Waals surface area contributed by atoms with E-state index >= 15 is 0 Å². The number of benzene rings is 3. The molecule has 0 aliphatic carbocycles. The summed E-state index contributed by atoms with van der Waals surface area (Å²) in [6, 6.07) is 26.7. The van der Waals surface area contributed by atoms with Crippen LogP contribution < -0.4 is 10.6 Å². The minimum absolute atomic E-state index is 0.221. The summed E-state index contributed by atoms with van der Waals surface area (Å²) >= 11 is 5.87. The summed E-state index contributed by atoms with van der Waals surface area (Å²) in [4.78, 5) is 12.3. The summed E-state index contributed by atoms with van der Waals surface area (Å²) in [6.45, 7) is 0. The van der Waals surface area contributed by atoms with Crippen LogP contribution in [0.15, 0.2) is 91.1 Å². The molecule has 0 saturated heterocycles. The normalized spacial score (nSPS) is 10.8. The van der Waals surface area contributed by atoms with Crippen LogP contribution in [0.3, 0.4) is 0 Å². The minimum Gasteiger partial charge on any atom is -0.327 e. The molecule has 0 saturated carbocycles. The lowest BCUT2D eigenvalue weighted by Gasteiger charge is -2.19. The SMILES string of the molecule is O=C(N/C=C/c1ccc(Cl)cc1)NC(c1ccccc1)c1ccccc1. The van der Waals surface area contributed by atoms with Gasteiger partial charge in [0.1, 0.15) is 0 Å². The standard InChI is InChI=1S/C22H19ClN2O/c23-20-13-11-17(12-14-20)15-16-24-22(26)25-21(18-7-3-1-4-8-18)19-9-5-2-6-10-19/h1-16,21H,(H2,24,25,26)/b16-15+. The van der Waals surface area contributed by atoms with E-state index in [0.717, 1.165) is 16.7 Å². The lowest BCUT2D eigenvalue weighted by Crippen LogP contribution is -2.35. The second-order valence-electron chi connectivity index (χ2n) is 5.76. The average molecular weight is 363 g/mol. The Kier molecular flexibility index (Phi) is 6.07. The van der Waals surface area contributed by atoms with Crippen molar-refractivity contribution >= 4 is 23.7 Å². The largest absolute Gasteiger partial charge is 0.327 e. The van der Waals surface area contributed by atoms with Crippen molar-refractivity contribution in [2.45, 2.75) is 6.04 Å². The van der Waals surface area contributed by atoms with Crippen molar-refractivity contribution in [2.75, 3.05) is 0 Å². The Balaban J connectivity index is 1.68. The molecule has 2 N–H and O–H groups in total. The Labute approximate surface area is 158 Å². The number of carbonyl (C=O) groups excluding carboxylic acids is 1. The van der Waals surface area contributed by atoms with Crippen molar-refractivity contribution < 1.29 is 4.79 Å². The van der Waals surface area contributed by atoms with E-state index in [-0.39, 0.29) is 12.1 Å². The molecular formula is C22H19ClN2O.